The third-order valence-electron chi connectivity index (χ3n) is 3.96. The SMILES string of the molecule is CCNCCNC(=O)C1CC12CCCC2. The molecule has 2 saturated carbocycles. The molecule has 3 heteroatoms. The summed E-state index contributed by atoms with van der Waals surface area (Å²) in [6.45, 7) is 4.72. The van der Waals surface area contributed by atoms with Gasteiger partial charge in [-0.2, -0.15) is 0 Å². The van der Waals surface area contributed by atoms with E-state index in [2.05, 4.69) is 17.6 Å². The molecule has 0 bridgehead atoms. The molecule has 86 valence electrons. The van der Waals surface area contributed by atoms with Gasteiger partial charge >= 0.3 is 0 Å². The van der Waals surface area contributed by atoms with Crippen LogP contribution in [0.1, 0.15) is 39.0 Å². The van der Waals surface area contributed by atoms with Crippen molar-refractivity contribution in [2.45, 2.75) is 39.0 Å². The number of likely N-dealkylation sites (N-methyl/N-ethyl adjacent to an activating group) is 1. The second-order valence-electron chi connectivity index (χ2n) is 4.97. The van der Waals surface area contributed by atoms with Gasteiger partial charge in [-0.25, -0.2) is 0 Å². The van der Waals surface area contributed by atoms with Crippen molar-refractivity contribution in [2.75, 3.05) is 19.6 Å². The van der Waals surface area contributed by atoms with Gasteiger partial charge in [0.1, 0.15) is 0 Å². The number of amides is 1. The van der Waals surface area contributed by atoms with Crippen molar-refractivity contribution in [3.8, 4) is 0 Å². The molecule has 0 aromatic heterocycles. The van der Waals surface area contributed by atoms with Gasteiger partial charge in [0.2, 0.25) is 5.91 Å². The van der Waals surface area contributed by atoms with Gasteiger partial charge in [-0.15, -0.1) is 0 Å². The van der Waals surface area contributed by atoms with E-state index < -0.39 is 0 Å². The second-order valence-corrected chi connectivity index (χ2v) is 4.97. The van der Waals surface area contributed by atoms with E-state index in [0.29, 0.717) is 17.2 Å². The molecule has 0 aliphatic heterocycles. The maximum absolute atomic E-state index is 11.8. The molecule has 2 N–H and O–H groups in total. The predicted octanol–water partition coefficient (Wildman–Crippen LogP) is 1.29. The maximum atomic E-state index is 11.8. The predicted molar refractivity (Wildman–Crippen MR) is 60.6 cm³/mol. The largest absolute Gasteiger partial charge is 0.355 e. The second kappa shape index (κ2) is 4.52. The minimum atomic E-state index is 0.301. The molecule has 3 nitrogen and oxygen atoms in total. The summed E-state index contributed by atoms with van der Waals surface area (Å²) in [7, 11) is 0. The van der Waals surface area contributed by atoms with E-state index in [1.807, 2.05) is 0 Å². The third-order valence-corrected chi connectivity index (χ3v) is 3.96. The van der Waals surface area contributed by atoms with E-state index in [4.69, 9.17) is 0 Å². The summed E-state index contributed by atoms with van der Waals surface area (Å²) in [5.74, 6) is 0.649. The monoisotopic (exact) mass is 210 g/mol. The molecular weight excluding hydrogens is 188 g/mol. The molecule has 0 saturated heterocycles. The molecule has 2 aliphatic carbocycles. The van der Waals surface area contributed by atoms with Crippen molar-refractivity contribution in [2.24, 2.45) is 11.3 Å². The topological polar surface area (TPSA) is 41.1 Å². The Balaban J connectivity index is 1.65. The van der Waals surface area contributed by atoms with Crippen LogP contribution in [0.3, 0.4) is 0 Å². The molecule has 2 aliphatic rings. The minimum Gasteiger partial charge on any atom is -0.355 e. The molecule has 1 atom stereocenters. The van der Waals surface area contributed by atoms with Crippen LogP contribution in [0.25, 0.3) is 0 Å². The summed E-state index contributed by atoms with van der Waals surface area (Å²) in [6, 6.07) is 0. The van der Waals surface area contributed by atoms with E-state index in [0.717, 1.165) is 26.1 Å². The van der Waals surface area contributed by atoms with Gasteiger partial charge in [0.15, 0.2) is 0 Å². The van der Waals surface area contributed by atoms with Gasteiger partial charge in [0.05, 0.1) is 0 Å². The Kier molecular flexibility index (Phi) is 3.29. The van der Waals surface area contributed by atoms with Crippen LogP contribution in [-0.4, -0.2) is 25.5 Å². The van der Waals surface area contributed by atoms with Crippen LogP contribution in [0.2, 0.25) is 0 Å². The molecule has 2 rings (SSSR count). The highest BCUT2D eigenvalue weighted by molar-refractivity contribution is 5.82. The van der Waals surface area contributed by atoms with Crippen LogP contribution in [0, 0.1) is 11.3 Å². The fourth-order valence-corrected chi connectivity index (χ4v) is 2.92. The van der Waals surface area contributed by atoms with Crippen molar-refractivity contribution >= 4 is 5.91 Å². The lowest BCUT2D eigenvalue weighted by atomic mass is 10.0. The first-order valence-electron chi connectivity index (χ1n) is 6.27. The van der Waals surface area contributed by atoms with Gasteiger partial charge in [0.25, 0.3) is 0 Å². The number of nitrogens with one attached hydrogen (secondary N) is 2. The first-order valence-corrected chi connectivity index (χ1v) is 6.27. The molecular formula is C12H22N2O. The van der Waals surface area contributed by atoms with E-state index in [1.54, 1.807) is 0 Å². The minimum absolute atomic E-state index is 0.301. The summed E-state index contributed by atoms with van der Waals surface area (Å²) >= 11 is 0. The lowest BCUT2D eigenvalue weighted by Gasteiger charge is -2.09. The first-order chi connectivity index (χ1) is 7.28. The Morgan fingerprint density at radius 3 is 2.73 bits per heavy atom. The van der Waals surface area contributed by atoms with Crippen molar-refractivity contribution in [3.63, 3.8) is 0 Å². The Morgan fingerprint density at radius 2 is 2.07 bits per heavy atom. The van der Waals surface area contributed by atoms with Crippen molar-refractivity contribution in [1.82, 2.24) is 10.6 Å². The summed E-state index contributed by atoms with van der Waals surface area (Å²) in [6.07, 6.45) is 6.40. The summed E-state index contributed by atoms with van der Waals surface area (Å²) in [4.78, 5) is 11.8. The Hall–Kier alpha value is -0.570. The highest BCUT2D eigenvalue weighted by Crippen LogP contribution is 2.62. The molecule has 2 fully saturated rings. The van der Waals surface area contributed by atoms with Gasteiger partial charge in [0, 0.05) is 19.0 Å². The number of hydrogen-bond donors (Lipinski definition) is 2. The normalized spacial score (nSPS) is 26.9. The number of carbonyl (C=O) groups excluding carboxylic acids is 1. The summed E-state index contributed by atoms with van der Waals surface area (Å²) in [5.41, 5.74) is 0.447. The average molecular weight is 210 g/mol. The van der Waals surface area contributed by atoms with Crippen LogP contribution < -0.4 is 10.6 Å². The van der Waals surface area contributed by atoms with E-state index in [1.165, 1.54) is 25.7 Å². The zero-order chi connectivity index (χ0) is 10.7. The van der Waals surface area contributed by atoms with Crippen LogP contribution in [0.15, 0.2) is 0 Å². The Bertz CT molecular complexity index is 234. The number of rotatable bonds is 5. The smallest absolute Gasteiger partial charge is 0.223 e. The van der Waals surface area contributed by atoms with Gasteiger partial charge in [-0.1, -0.05) is 19.8 Å². The zero-order valence-corrected chi connectivity index (χ0v) is 9.64. The fourth-order valence-electron chi connectivity index (χ4n) is 2.92. The molecule has 15 heavy (non-hydrogen) atoms. The van der Waals surface area contributed by atoms with E-state index >= 15 is 0 Å². The standard InChI is InChI=1S/C12H22N2O/c1-2-13-7-8-14-11(15)10-9-12(10)5-3-4-6-12/h10,13H,2-9H2,1H3,(H,14,15). The van der Waals surface area contributed by atoms with Crippen LogP contribution >= 0.6 is 0 Å². The van der Waals surface area contributed by atoms with Crippen LogP contribution in [-0.2, 0) is 4.79 Å². The van der Waals surface area contributed by atoms with Crippen molar-refractivity contribution < 1.29 is 4.79 Å². The Labute approximate surface area is 92.0 Å². The molecule has 1 amide bonds. The molecule has 0 aromatic carbocycles. The Morgan fingerprint density at radius 1 is 1.33 bits per heavy atom. The lowest BCUT2D eigenvalue weighted by molar-refractivity contribution is -0.123. The molecule has 1 spiro atoms. The third kappa shape index (κ3) is 2.33. The fraction of sp³-hybridized carbons (Fsp3) is 0.917. The van der Waals surface area contributed by atoms with Gasteiger partial charge in [-0.05, 0) is 31.2 Å². The quantitative estimate of drug-likeness (QED) is 0.671. The molecule has 0 aromatic rings. The number of hydrogen-bond acceptors (Lipinski definition) is 2. The van der Waals surface area contributed by atoms with Crippen LogP contribution in [0.4, 0.5) is 0 Å². The molecule has 0 heterocycles. The van der Waals surface area contributed by atoms with Crippen molar-refractivity contribution in [1.29, 1.82) is 0 Å². The van der Waals surface area contributed by atoms with Crippen LogP contribution in [0.5, 0.6) is 0 Å². The maximum Gasteiger partial charge on any atom is 0.223 e. The highest BCUT2D eigenvalue weighted by Gasteiger charge is 2.58. The summed E-state index contributed by atoms with van der Waals surface area (Å²) in [5, 5.41) is 6.24. The van der Waals surface area contributed by atoms with Gasteiger partial charge in [-0.3, -0.25) is 4.79 Å². The average Bonchev–Trinajstić information content (AvgIpc) is 2.72. The highest BCUT2D eigenvalue weighted by atomic mass is 16.2. The number of carbonyl (C=O) groups is 1. The molecule has 0 radical (unpaired) electrons. The zero-order valence-electron chi connectivity index (χ0n) is 9.64. The van der Waals surface area contributed by atoms with Gasteiger partial charge < -0.3 is 10.6 Å². The first kappa shape index (κ1) is 10.9. The van der Waals surface area contributed by atoms with E-state index in [-0.39, 0.29) is 0 Å². The van der Waals surface area contributed by atoms with E-state index in [9.17, 15) is 4.79 Å². The van der Waals surface area contributed by atoms with Crippen molar-refractivity contribution in [3.05, 3.63) is 0 Å². The lowest BCUT2D eigenvalue weighted by Crippen LogP contribution is -2.33. The summed E-state index contributed by atoms with van der Waals surface area (Å²) < 4.78 is 0. The molecule has 1 unspecified atom stereocenters.